The largest absolute Gasteiger partial charge is 0.352 e. The van der Waals surface area contributed by atoms with E-state index in [4.69, 9.17) is 12.2 Å². The van der Waals surface area contributed by atoms with Crippen LogP contribution in [0.25, 0.3) is 0 Å². The minimum atomic E-state index is 0.247. The van der Waals surface area contributed by atoms with Crippen LogP contribution in [0.1, 0.15) is 20.8 Å². The molecular formula is C13H20N2S. The number of nitrogens with one attached hydrogen (secondary N) is 1. The molecule has 0 spiro atoms. The predicted octanol–water partition coefficient (Wildman–Crippen LogP) is 3.36. The van der Waals surface area contributed by atoms with E-state index in [1.807, 2.05) is 37.4 Å². The first-order valence-corrected chi connectivity index (χ1v) is 5.86. The summed E-state index contributed by atoms with van der Waals surface area (Å²) in [6, 6.07) is 10.0. The summed E-state index contributed by atoms with van der Waals surface area (Å²) in [5.74, 6) is 0. The SMILES string of the molecule is CN(CC(C)(C)C)C(=S)Nc1ccccc1. The number of para-hydroxylation sites is 1. The zero-order chi connectivity index (χ0) is 12.2. The molecule has 0 aliphatic heterocycles. The lowest BCUT2D eigenvalue weighted by Gasteiger charge is -2.28. The molecule has 88 valence electrons. The summed E-state index contributed by atoms with van der Waals surface area (Å²) < 4.78 is 0. The molecule has 0 aliphatic rings. The number of nitrogens with zero attached hydrogens (tertiary/aromatic N) is 1. The molecule has 0 bridgehead atoms. The maximum Gasteiger partial charge on any atom is 0.173 e. The maximum atomic E-state index is 5.34. The average molecular weight is 236 g/mol. The van der Waals surface area contributed by atoms with Crippen LogP contribution >= 0.6 is 12.2 Å². The van der Waals surface area contributed by atoms with Gasteiger partial charge in [-0.05, 0) is 29.8 Å². The van der Waals surface area contributed by atoms with E-state index in [2.05, 4.69) is 31.0 Å². The quantitative estimate of drug-likeness (QED) is 0.793. The third-order valence-electron chi connectivity index (χ3n) is 2.08. The molecular weight excluding hydrogens is 216 g/mol. The number of hydrogen-bond acceptors (Lipinski definition) is 1. The van der Waals surface area contributed by atoms with Crippen molar-refractivity contribution in [3.63, 3.8) is 0 Å². The summed E-state index contributed by atoms with van der Waals surface area (Å²) in [6.45, 7) is 7.55. The minimum absolute atomic E-state index is 0.247. The first-order chi connectivity index (χ1) is 7.38. The number of hydrogen-bond donors (Lipinski definition) is 1. The van der Waals surface area contributed by atoms with Crippen molar-refractivity contribution < 1.29 is 0 Å². The lowest BCUT2D eigenvalue weighted by molar-refractivity contribution is 0.308. The molecule has 0 unspecified atom stereocenters. The Morgan fingerprint density at radius 1 is 1.25 bits per heavy atom. The van der Waals surface area contributed by atoms with Gasteiger partial charge in [-0.15, -0.1) is 0 Å². The normalized spacial score (nSPS) is 11.0. The van der Waals surface area contributed by atoms with E-state index in [1.165, 1.54) is 0 Å². The molecule has 0 saturated carbocycles. The Hall–Kier alpha value is -1.09. The van der Waals surface area contributed by atoms with E-state index < -0.39 is 0 Å². The zero-order valence-electron chi connectivity index (χ0n) is 10.4. The van der Waals surface area contributed by atoms with Crippen molar-refractivity contribution >= 4 is 23.0 Å². The van der Waals surface area contributed by atoms with Crippen LogP contribution in [0.2, 0.25) is 0 Å². The van der Waals surface area contributed by atoms with Gasteiger partial charge in [0.15, 0.2) is 5.11 Å². The molecule has 0 fully saturated rings. The number of thiocarbonyl (C=S) groups is 1. The fourth-order valence-electron chi connectivity index (χ4n) is 1.52. The average Bonchev–Trinajstić information content (AvgIpc) is 2.16. The maximum absolute atomic E-state index is 5.34. The highest BCUT2D eigenvalue weighted by molar-refractivity contribution is 7.80. The number of benzene rings is 1. The Balaban J connectivity index is 2.53. The fourth-order valence-corrected chi connectivity index (χ4v) is 1.71. The van der Waals surface area contributed by atoms with Crippen molar-refractivity contribution in [1.82, 2.24) is 4.90 Å². The molecule has 0 heterocycles. The van der Waals surface area contributed by atoms with Crippen LogP contribution in [0.5, 0.6) is 0 Å². The van der Waals surface area contributed by atoms with Crippen LogP contribution in [0.3, 0.4) is 0 Å². The van der Waals surface area contributed by atoms with E-state index in [0.717, 1.165) is 17.3 Å². The minimum Gasteiger partial charge on any atom is -0.352 e. The van der Waals surface area contributed by atoms with Gasteiger partial charge in [-0.3, -0.25) is 0 Å². The van der Waals surface area contributed by atoms with Gasteiger partial charge in [0.05, 0.1) is 0 Å². The van der Waals surface area contributed by atoms with Gasteiger partial charge >= 0.3 is 0 Å². The number of rotatable bonds is 2. The molecule has 1 aromatic carbocycles. The van der Waals surface area contributed by atoms with Gasteiger partial charge in [-0.25, -0.2) is 0 Å². The first-order valence-electron chi connectivity index (χ1n) is 5.46. The van der Waals surface area contributed by atoms with Crippen molar-refractivity contribution in [2.45, 2.75) is 20.8 Å². The molecule has 1 N–H and O–H groups in total. The second-order valence-electron chi connectivity index (χ2n) is 5.21. The van der Waals surface area contributed by atoms with Gasteiger partial charge in [0, 0.05) is 19.3 Å². The molecule has 3 heteroatoms. The highest BCUT2D eigenvalue weighted by atomic mass is 32.1. The second-order valence-corrected chi connectivity index (χ2v) is 5.60. The summed E-state index contributed by atoms with van der Waals surface area (Å²) in [4.78, 5) is 2.07. The van der Waals surface area contributed by atoms with Gasteiger partial charge in [-0.1, -0.05) is 39.0 Å². The standard InChI is InChI=1S/C13H20N2S/c1-13(2,3)10-15(4)12(16)14-11-8-6-5-7-9-11/h5-9H,10H2,1-4H3,(H,14,16). The van der Waals surface area contributed by atoms with Gasteiger partial charge in [0.1, 0.15) is 0 Å². The molecule has 0 aromatic heterocycles. The Morgan fingerprint density at radius 2 is 1.81 bits per heavy atom. The first kappa shape index (κ1) is 13.0. The predicted molar refractivity (Wildman–Crippen MR) is 74.7 cm³/mol. The molecule has 0 radical (unpaired) electrons. The van der Waals surface area contributed by atoms with Crippen LogP contribution in [-0.4, -0.2) is 23.6 Å². The van der Waals surface area contributed by atoms with E-state index >= 15 is 0 Å². The van der Waals surface area contributed by atoms with Crippen LogP contribution in [-0.2, 0) is 0 Å². The molecule has 2 nitrogen and oxygen atoms in total. The molecule has 0 aliphatic carbocycles. The monoisotopic (exact) mass is 236 g/mol. The molecule has 1 rings (SSSR count). The lowest BCUT2D eigenvalue weighted by atomic mass is 9.96. The second kappa shape index (κ2) is 5.30. The van der Waals surface area contributed by atoms with Crippen LogP contribution in [0.15, 0.2) is 30.3 Å². The van der Waals surface area contributed by atoms with Crippen molar-refractivity contribution in [3.05, 3.63) is 30.3 Å². The van der Waals surface area contributed by atoms with E-state index in [-0.39, 0.29) is 5.41 Å². The van der Waals surface area contributed by atoms with E-state index in [1.54, 1.807) is 0 Å². The Labute approximate surface area is 104 Å². The van der Waals surface area contributed by atoms with Gasteiger partial charge in [-0.2, -0.15) is 0 Å². The summed E-state index contributed by atoms with van der Waals surface area (Å²) >= 11 is 5.34. The highest BCUT2D eigenvalue weighted by Crippen LogP contribution is 2.15. The summed E-state index contributed by atoms with van der Waals surface area (Å²) in [5.41, 5.74) is 1.28. The smallest absolute Gasteiger partial charge is 0.173 e. The summed E-state index contributed by atoms with van der Waals surface area (Å²) in [7, 11) is 2.02. The fraction of sp³-hybridized carbons (Fsp3) is 0.462. The van der Waals surface area contributed by atoms with Crippen molar-refractivity contribution in [2.75, 3.05) is 18.9 Å². The van der Waals surface area contributed by atoms with Crippen LogP contribution in [0, 0.1) is 5.41 Å². The molecule has 0 amide bonds. The summed E-state index contributed by atoms with van der Waals surface area (Å²) in [5, 5.41) is 3.99. The lowest BCUT2D eigenvalue weighted by Crippen LogP contribution is -2.37. The van der Waals surface area contributed by atoms with E-state index in [9.17, 15) is 0 Å². The van der Waals surface area contributed by atoms with Crippen molar-refractivity contribution in [1.29, 1.82) is 0 Å². The van der Waals surface area contributed by atoms with Crippen LogP contribution in [0.4, 0.5) is 5.69 Å². The van der Waals surface area contributed by atoms with Crippen LogP contribution < -0.4 is 5.32 Å². The highest BCUT2D eigenvalue weighted by Gasteiger charge is 2.15. The van der Waals surface area contributed by atoms with Gasteiger partial charge < -0.3 is 10.2 Å². The van der Waals surface area contributed by atoms with Crippen molar-refractivity contribution in [3.8, 4) is 0 Å². The third kappa shape index (κ3) is 4.62. The molecule has 16 heavy (non-hydrogen) atoms. The zero-order valence-corrected chi connectivity index (χ0v) is 11.3. The van der Waals surface area contributed by atoms with Gasteiger partial charge in [0.25, 0.3) is 0 Å². The Morgan fingerprint density at radius 3 is 2.31 bits per heavy atom. The molecule has 0 atom stereocenters. The third-order valence-corrected chi connectivity index (χ3v) is 2.50. The molecule has 0 saturated heterocycles. The summed E-state index contributed by atoms with van der Waals surface area (Å²) in [6.07, 6.45) is 0. The number of anilines is 1. The topological polar surface area (TPSA) is 15.3 Å². The Kier molecular flexibility index (Phi) is 4.30. The van der Waals surface area contributed by atoms with Crippen molar-refractivity contribution in [2.24, 2.45) is 5.41 Å². The van der Waals surface area contributed by atoms with Gasteiger partial charge in [0.2, 0.25) is 0 Å². The Bertz CT molecular complexity index is 341. The van der Waals surface area contributed by atoms with E-state index in [0.29, 0.717) is 0 Å². The molecule has 1 aromatic rings.